The second-order valence-electron chi connectivity index (χ2n) is 6.26. The number of carbonyl (C=O) groups is 1. The molecule has 1 amide bonds. The summed E-state index contributed by atoms with van der Waals surface area (Å²) in [6.07, 6.45) is 1.72. The van der Waals surface area contributed by atoms with Crippen molar-refractivity contribution in [2.45, 2.75) is 45.3 Å². The van der Waals surface area contributed by atoms with Gasteiger partial charge in [-0.1, -0.05) is 0 Å². The number of rotatable bonds is 1. The molecule has 1 saturated heterocycles. The maximum Gasteiger partial charge on any atom is 0.410 e. The van der Waals surface area contributed by atoms with E-state index in [1.54, 1.807) is 4.90 Å². The van der Waals surface area contributed by atoms with E-state index in [1.807, 2.05) is 20.8 Å². The van der Waals surface area contributed by atoms with Crippen LogP contribution in [0.5, 0.6) is 0 Å². The highest BCUT2D eigenvalue weighted by Gasteiger charge is 2.26. The minimum atomic E-state index is -0.458. The molecule has 20 heavy (non-hydrogen) atoms. The lowest BCUT2D eigenvalue weighted by Crippen LogP contribution is -2.50. The van der Waals surface area contributed by atoms with Crippen LogP contribution < -0.4 is 5.32 Å². The van der Waals surface area contributed by atoms with Crippen molar-refractivity contribution < 1.29 is 14.3 Å². The first kappa shape index (κ1) is 15.1. The zero-order valence-corrected chi connectivity index (χ0v) is 12.6. The van der Waals surface area contributed by atoms with Crippen molar-refractivity contribution >= 4 is 11.9 Å². The second-order valence-corrected chi connectivity index (χ2v) is 6.26. The predicted octanol–water partition coefficient (Wildman–Crippen LogP) is 1.40. The first-order chi connectivity index (χ1) is 9.44. The molecule has 0 spiro atoms. The van der Waals surface area contributed by atoms with Crippen LogP contribution in [0.3, 0.4) is 0 Å². The van der Waals surface area contributed by atoms with Crippen LogP contribution in [0.15, 0.2) is 4.99 Å². The van der Waals surface area contributed by atoms with Crippen LogP contribution in [-0.2, 0) is 9.47 Å². The van der Waals surface area contributed by atoms with Gasteiger partial charge in [-0.3, -0.25) is 9.89 Å². The topological polar surface area (TPSA) is 63.2 Å². The predicted molar refractivity (Wildman–Crippen MR) is 77.1 cm³/mol. The van der Waals surface area contributed by atoms with Crippen LogP contribution in [-0.4, -0.2) is 61.3 Å². The number of amides is 1. The molecule has 1 fully saturated rings. The molecule has 2 heterocycles. The van der Waals surface area contributed by atoms with Crippen LogP contribution in [0.4, 0.5) is 4.79 Å². The summed E-state index contributed by atoms with van der Waals surface area (Å²) < 4.78 is 10.7. The lowest BCUT2D eigenvalue weighted by atomic mass is 10.1. The normalized spacial score (nSPS) is 21.4. The number of hydrogen-bond donors (Lipinski definition) is 1. The third-order valence-electron chi connectivity index (χ3n) is 3.26. The monoisotopic (exact) mass is 283 g/mol. The van der Waals surface area contributed by atoms with Gasteiger partial charge in [-0.2, -0.15) is 0 Å². The van der Waals surface area contributed by atoms with Crippen LogP contribution in [0, 0.1) is 0 Å². The van der Waals surface area contributed by atoms with Crippen molar-refractivity contribution in [3.8, 4) is 0 Å². The van der Waals surface area contributed by atoms with Gasteiger partial charge < -0.3 is 14.8 Å². The van der Waals surface area contributed by atoms with E-state index < -0.39 is 5.60 Å². The summed E-state index contributed by atoms with van der Waals surface area (Å²) in [4.78, 5) is 18.2. The van der Waals surface area contributed by atoms with Gasteiger partial charge in [0.2, 0.25) is 0 Å². The van der Waals surface area contributed by atoms with E-state index in [0.29, 0.717) is 25.7 Å². The summed E-state index contributed by atoms with van der Waals surface area (Å²) in [5.74, 6) is 0.883. The molecule has 6 nitrogen and oxygen atoms in total. The quantitative estimate of drug-likeness (QED) is 0.790. The minimum Gasteiger partial charge on any atom is -0.444 e. The van der Waals surface area contributed by atoms with Gasteiger partial charge in [0.25, 0.3) is 0 Å². The summed E-state index contributed by atoms with van der Waals surface area (Å²) in [7, 11) is 0. The molecule has 0 bridgehead atoms. The summed E-state index contributed by atoms with van der Waals surface area (Å²) >= 11 is 0. The lowest BCUT2D eigenvalue weighted by Gasteiger charge is -2.32. The minimum absolute atomic E-state index is 0.265. The first-order valence-electron chi connectivity index (χ1n) is 7.29. The summed E-state index contributed by atoms with van der Waals surface area (Å²) in [6, 6.07) is 0.404. The average Bonchev–Trinajstić information content (AvgIpc) is 2.38. The number of nitrogens with zero attached hydrogens (tertiary/aromatic N) is 2. The van der Waals surface area contributed by atoms with Crippen LogP contribution in [0.1, 0.15) is 33.6 Å². The van der Waals surface area contributed by atoms with Crippen molar-refractivity contribution in [2.24, 2.45) is 4.99 Å². The Morgan fingerprint density at radius 1 is 1.40 bits per heavy atom. The van der Waals surface area contributed by atoms with E-state index in [4.69, 9.17) is 9.47 Å². The van der Waals surface area contributed by atoms with Crippen molar-refractivity contribution in [3.63, 3.8) is 0 Å². The maximum atomic E-state index is 12.1. The molecule has 0 radical (unpaired) electrons. The number of aliphatic imine (C=N–C) groups is 1. The molecule has 2 aliphatic rings. The van der Waals surface area contributed by atoms with Gasteiger partial charge in [0.15, 0.2) is 0 Å². The molecule has 0 aromatic heterocycles. The number of amidine groups is 1. The summed E-state index contributed by atoms with van der Waals surface area (Å²) in [5, 5.41) is 3.43. The average molecular weight is 283 g/mol. The SMILES string of the molecule is CC(C)(C)OC(=O)N1CCN=C(NC2CCOCC2)C1. The lowest BCUT2D eigenvalue weighted by molar-refractivity contribution is 0.0274. The fraction of sp³-hybridized carbons (Fsp3) is 0.857. The van der Waals surface area contributed by atoms with E-state index in [-0.39, 0.29) is 6.09 Å². The number of ether oxygens (including phenoxy) is 2. The number of nitrogens with one attached hydrogen (secondary N) is 1. The molecule has 114 valence electrons. The van der Waals surface area contributed by atoms with Crippen molar-refractivity contribution in [2.75, 3.05) is 32.8 Å². The van der Waals surface area contributed by atoms with E-state index in [2.05, 4.69) is 10.3 Å². The summed E-state index contributed by atoms with van der Waals surface area (Å²) in [5.41, 5.74) is -0.458. The van der Waals surface area contributed by atoms with E-state index in [1.165, 1.54) is 0 Å². The van der Waals surface area contributed by atoms with Crippen molar-refractivity contribution in [1.82, 2.24) is 10.2 Å². The number of hydrogen-bond acceptors (Lipinski definition) is 5. The molecule has 2 rings (SSSR count). The fourth-order valence-corrected chi connectivity index (χ4v) is 2.27. The standard InChI is InChI=1S/C14H25N3O3/c1-14(2,3)20-13(18)17-7-6-15-12(10-17)16-11-4-8-19-9-5-11/h11H,4-10H2,1-3H3,(H,15,16). The number of carbonyl (C=O) groups excluding carboxylic acids is 1. The third kappa shape index (κ3) is 4.67. The maximum absolute atomic E-state index is 12.1. The van der Waals surface area contributed by atoms with E-state index in [9.17, 15) is 4.79 Å². The molecule has 2 aliphatic heterocycles. The van der Waals surface area contributed by atoms with Gasteiger partial charge in [-0.15, -0.1) is 0 Å². The highest BCUT2D eigenvalue weighted by atomic mass is 16.6. The van der Waals surface area contributed by atoms with Crippen LogP contribution >= 0.6 is 0 Å². The largest absolute Gasteiger partial charge is 0.444 e. The third-order valence-corrected chi connectivity index (χ3v) is 3.26. The Labute approximate surface area is 120 Å². The van der Waals surface area contributed by atoms with Gasteiger partial charge in [-0.25, -0.2) is 4.79 Å². The van der Waals surface area contributed by atoms with Gasteiger partial charge in [0.05, 0.1) is 13.1 Å². The molecular weight excluding hydrogens is 258 g/mol. The van der Waals surface area contributed by atoms with Crippen LogP contribution in [0.25, 0.3) is 0 Å². The van der Waals surface area contributed by atoms with E-state index in [0.717, 1.165) is 31.9 Å². The molecule has 0 saturated carbocycles. The summed E-state index contributed by atoms with van der Waals surface area (Å²) in [6.45, 7) is 8.98. The smallest absolute Gasteiger partial charge is 0.410 e. The van der Waals surface area contributed by atoms with Gasteiger partial charge in [0.1, 0.15) is 11.4 Å². The molecule has 0 unspecified atom stereocenters. The highest BCUT2D eigenvalue weighted by Crippen LogP contribution is 2.12. The van der Waals surface area contributed by atoms with Gasteiger partial charge in [0, 0.05) is 25.8 Å². The molecule has 0 aromatic carbocycles. The van der Waals surface area contributed by atoms with Gasteiger partial charge >= 0.3 is 6.09 Å². The first-order valence-corrected chi connectivity index (χ1v) is 7.29. The Hall–Kier alpha value is -1.30. The zero-order chi connectivity index (χ0) is 14.6. The Morgan fingerprint density at radius 2 is 2.10 bits per heavy atom. The highest BCUT2D eigenvalue weighted by molar-refractivity contribution is 5.88. The Morgan fingerprint density at radius 3 is 2.75 bits per heavy atom. The van der Waals surface area contributed by atoms with Crippen molar-refractivity contribution in [3.05, 3.63) is 0 Å². The molecule has 0 atom stereocenters. The second kappa shape index (κ2) is 6.43. The zero-order valence-electron chi connectivity index (χ0n) is 12.6. The molecule has 1 N–H and O–H groups in total. The Bertz CT molecular complexity index is 370. The molecule has 6 heteroatoms. The molecule has 0 aromatic rings. The molecule has 0 aliphatic carbocycles. The fourth-order valence-electron chi connectivity index (χ4n) is 2.27. The Balaban J connectivity index is 1.84. The van der Waals surface area contributed by atoms with Gasteiger partial charge in [-0.05, 0) is 33.6 Å². The Kier molecular flexibility index (Phi) is 4.86. The van der Waals surface area contributed by atoms with E-state index >= 15 is 0 Å². The molecular formula is C14H25N3O3. The van der Waals surface area contributed by atoms with Crippen LogP contribution in [0.2, 0.25) is 0 Å². The van der Waals surface area contributed by atoms with Crippen molar-refractivity contribution in [1.29, 1.82) is 0 Å².